The highest BCUT2D eigenvalue weighted by Crippen LogP contribution is 2.30. The quantitative estimate of drug-likeness (QED) is 0.890. The number of anilines is 1. The molecular weight excluding hydrogens is 267 g/mol. The Kier molecular flexibility index (Phi) is 4.17. The molecule has 0 heterocycles. The molecule has 0 saturated carbocycles. The van der Waals surface area contributed by atoms with Crippen LogP contribution in [0.3, 0.4) is 0 Å². The van der Waals surface area contributed by atoms with E-state index in [0.717, 1.165) is 11.1 Å². The Hall–Kier alpha value is -2.17. The predicted octanol–water partition coefficient (Wildman–Crippen LogP) is 4.51. The topological polar surface area (TPSA) is 21.3 Å². The van der Waals surface area contributed by atoms with Crippen LogP contribution in [0.2, 0.25) is 0 Å². The van der Waals surface area contributed by atoms with Crippen LogP contribution in [-0.2, 0) is 6.54 Å². The maximum Gasteiger partial charge on any atom is 0.573 e. The standard InChI is InChI=1S/C15H14F3NO/c1-11-5-4-6-12(9-11)10-19-13-7-2-3-8-14(13)20-15(16,17)18/h2-9,19H,10H2,1H3. The highest BCUT2D eigenvalue weighted by molar-refractivity contribution is 5.56. The number of halogens is 3. The monoisotopic (exact) mass is 281 g/mol. The normalized spacial score (nSPS) is 11.2. The third-order valence-corrected chi connectivity index (χ3v) is 2.68. The number of ether oxygens (including phenoxy) is 1. The van der Waals surface area contributed by atoms with Crippen LogP contribution >= 0.6 is 0 Å². The van der Waals surface area contributed by atoms with Crippen molar-refractivity contribution in [3.05, 3.63) is 59.7 Å². The van der Waals surface area contributed by atoms with Crippen LogP contribution in [0.25, 0.3) is 0 Å². The van der Waals surface area contributed by atoms with Gasteiger partial charge in [-0.25, -0.2) is 0 Å². The molecule has 0 aliphatic rings. The Balaban J connectivity index is 2.09. The van der Waals surface area contributed by atoms with Crippen LogP contribution < -0.4 is 10.1 Å². The average Bonchev–Trinajstić information content (AvgIpc) is 2.36. The third kappa shape index (κ3) is 4.19. The molecule has 0 radical (unpaired) electrons. The Morgan fingerprint density at radius 2 is 1.80 bits per heavy atom. The number of hydrogen-bond donors (Lipinski definition) is 1. The Labute approximate surface area is 115 Å². The van der Waals surface area contributed by atoms with Crippen molar-refractivity contribution in [3.8, 4) is 5.75 Å². The first-order chi connectivity index (χ1) is 9.44. The molecule has 2 aromatic rings. The Morgan fingerprint density at radius 3 is 2.50 bits per heavy atom. The molecule has 2 aromatic carbocycles. The van der Waals surface area contributed by atoms with E-state index in [2.05, 4.69) is 10.1 Å². The van der Waals surface area contributed by atoms with Gasteiger partial charge in [0, 0.05) is 6.54 Å². The van der Waals surface area contributed by atoms with Crippen LogP contribution in [-0.4, -0.2) is 6.36 Å². The smallest absolute Gasteiger partial charge is 0.404 e. The van der Waals surface area contributed by atoms with Gasteiger partial charge in [-0.1, -0.05) is 42.0 Å². The highest BCUT2D eigenvalue weighted by Gasteiger charge is 2.32. The lowest BCUT2D eigenvalue weighted by Crippen LogP contribution is -2.18. The summed E-state index contributed by atoms with van der Waals surface area (Å²) in [5.74, 6) is -0.229. The summed E-state index contributed by atoms with van der Waals surface area (Å²) in [5.41, 5.74) is 2.40. The van der Waals surface area contributed by atoms with Gasteiger partial charge < -0.3 is 10.1 Å². The van der Waals surface area contributed by atoms with Crippen molar-refractivity contribution >= 4 is 5.69 Å². The van der Waals surface area contributed by atoms with Gasteiger partial charge in [0.25, 0.3) is 0 Å². The number of aryl methyl sites for hydroxylation is 1. The van der Waals surface area contributed by atoms with Gasteiger partial charge in [-0.15, -0.1) is 13.2 Å². The van der Waals surface area contributed by atoms with E-state index < -0.39 is 6.36 Å². The zero-order valence-corrected chi connectivity index (χ0v) is 10.9. The fourth-order valence-electron chi connectivity index (χ4n) is 1.85. The number of rotatable bonds is 4. The fourth-order valence-corrected chi connectivity index (χ4v) is 1.85. The van der Waals surface area contributed by atoms with Crippen LogP contribution in [0.1, 0.15) is 11.1 Å². The minimum atomic E-state index is -4.69. The maximum atomic E-state index is 12.3. The van der Waals surface area contributed by atoms with E-state index in [0.29, 0.717) is 12.2 Å². The van der Waals surface area contributed by atoms with Gasteiger partial charge in [0.05, 0.1) is 5.69 Å². The highest BCUT2D eigenvalue weighted by atomic mass is 19.4. The lowest BCUT2D eigenvalue weighted by Gasteiger charge is -2.14. The summed E-state index contributed by atoms with van der Waals surface area (Å²) in [5, 5.41) is 2.95. The van der Waals surface area contributed by atoms with Crippen molar-refractivity contribution in [2.45, 2.75) is 19.8 Å². The fraction of sp³-hybridized carbons (Fsp3) is 0.200. The van der Waals surface area contributed by atoms with Gasteiger partial charge in [-0.3, -0.25) is 0 Å². The first-order valence-corrected chi connectivity index (χ1v) is 6.08. The lowest BCUT2D eigenvalue weighted by atomic mass is 10.1. The number of hydrogen-bond acceptors (Lipinski definition) is 2. The molecule has 0 aliphatic heterocycles. The lowest BCUT2D eigenvalue weighted by molar-refractivity contribution is -0.274. The minimum Gasteiger partial charge on any atom is -0.404 e. The van der Waals surface area contributed by atoms with Gasteiger partial charge in [-0.05, 0) is 24.6 Å². The molecule has 0 fully saturated rings. The molecule has 0 spiro atoms. The zero-order chi connectivity index (χ0) is 14.6. The van der Waals surface area contributed by atoms with E-state index in [1.165, 1.54) is 12.1 Å². The zero-order valence-electron chi connectivity index (χ0n) is 10.9. The summed E-state index contributed by atoms with van der Waals surface area (Å²) < 4.78 is 40.8. The van der Waals surface area contributed by atoms with E-state index in [9.17, 15) is 13.2 Å². The molecule has 0 aliphatic carbocycles. The van der Waals surface area contributed by atoms with Crippen molar-refractivity contribution in [2.75, 3.05) is 5.32 Å². The van der Waals surface area contributed by atoms with E-state index in [1.807, 2.05) is 31.2 Å². The molecule has 5 heteroatoms. The number of nitrogens with one attached hydrogen (secondary N) is 1. The predicted molar refractivity (Wildman–Crippen MR) is 71.6 cm³/mol. The molecule has 20 heavy (non-hydrogen) atoms. The van der Waals surface area contributed by atoms with E-state index in [4.69, 9.17) is 0 Å². The second-order valence-corrected chi connectivity index (χ2v) is 4.39. The first kappa shape index (κ1) is 14.2. The number of benzene rings is 2. The Bertz CT molecular complexity index is 581. The van der Waals surface area contributed by atoms with Gasteiger partial charge >= 0.3 is 6.36 Å². The van der Waals surface area contributed by atoms with Crippen molar-refractivity contribution in [1.29, 1.82) is 0 Å². The molecular formula is C15H14F3NO. The van der Waals surface area contributed by atoms with Gasteiger partial charge in [-0.2, -0.15) is 0 Å². The van der Waals surface area contributed by atoms with E-state index in [-0.39, 0.29) is 5.75 Å². The molecule has 0 bridgehead atoms. The molecule has 0 saturated heterocycles. The second-order valence-electron chi connectivity index (χ2n) is 4.39. The largest absolute Gasteiger partial charge is 0.573 e. The summed E-state index contributed by atoms with van der Waals surface area (Å²) in [4.78, 5) is 0. The van der Waals surface area contributed by atoms with E-state index >= 15 is 0 Å². The average molecular weight is 281 g/mol. The second kappa shape index (κ2) is 5.86. The SMILES string of the molecule is Cc1cccc(CNc2ccccc2OC(F)(F)F)c1. The van der Waals surface area contributed by atoms with Crippen molar-refractivity contribution in [1.82, 2.24) is 0 Å². The molecule has 0 unspecified atom stereocenters. The molecule has 1 N–H and O–H groups in total. The summed E-state index contributed by atoms with van der Waals surface area (Å²) in [6, 6.07) is 13.7. The molecule has 2 rings (SSSR count). The van der Waals surface area contributed by atoms with Crippen molar-refractivity contribution in [2.24, 2.45) is 0 Å². The molecule has 0 atom stereocenters. The number of alkyl halides is 3. The van der Waals surface area contributed by atoms with Crippen molar-refractivity contribution in [3.63, 3.8) is 0 Å². The van der Waals surface area contributed by atoms with Crippen molar-refractivity contribution < 1.29 is 17.9 Å². The summed E-state index contributed by atoms with van der Waals surface area (Å²) in [6.45, 7) is 2.39. The first-order valence-electron chi connectivity index (χ1n) is 6.08. The Morgan fingerprint density at radius 1 is 1.05 bits per heavy atom. The number of para-hydroxylation sites is 2. The molecule has 106 valence electrons. The van der Waals surface area contributed by atoms with Gasteiger partial charge in [0.1, 0.15) is 0 Å². The van der Waals surface area contributed by atoms with Gasteiger partial charge in [0.2, 0.25) is 0 Å². The van der Waals surface area contributed by atoms with Crippen LogP contribution in [0.5, 0.6) is 5.75 Å². The maximum absolute atomic E-state index is 12.3. The summed E-state index contributed by atoms with van der Waals surface area (Å²) >= 11 is 0. The van der Waals surface area contributed by atoms with E-state index in [1.54, 1.807) is 12.1 Å². The molecule has 0 aromatic heterocycles. The summed E-state index contributed by atoms with van der Waals surface area (Å²) in [6.07, 6.45) is -4.69. The molecule has 0 amide bonds. The van der Waals surface area contributed by atoms with Crippen LogP contribution in [0.4, 0.5) is 18.9 Å². The van der Waals surface area contributed by atoms with Gasteiger partial charge in [0.15, 0.2) is 5.75 Å². The van der Waals surface area contributed by atoms with Crippen LogP contribution in [0, 0.1) is 6.92 Å². The van der Waals surface area contributed by atoms with Crippen LogP contribution in [0.15, 0.2) is 48.5 Å². The minimum absolute atomic E-state index is 0.229. The summed E-state index contributed by atoms with van der Waals surface area (Å²) in [7, 11) is 0. The third-order valence-electron chi connectivity index (χ3n) is 2.68. The molecule has 2 nitrogen and oxygen atoms in total.